The van der Waals surface area contributed by atoms with E-state index >= 15 is 0 Å². The molecule has 0 fully saturated rings. The van der Waals surface area contributed by atoms with Crippen LogP contribution in [0.2, 0.25) is 0 Å². The topological polar surface area (TPSA) is 42.9 Å². The van der Waals surface area contributed by atoms with Crippen LogP contribution in [0.5, 0.6) is 0 Å². The molecule has 0 aliphatic rings. The maximum absolute atomic E-state index is 13.0. The second-order valence-corrected chi connectivity index (χ2v) is 2.94. The van der Waals surface area contributed by atoms with E-state index in [-0.39, 0.29) is 5.56 Å². The van der Waals surface area contributed by atoms with E-state index in [0.29, 0.717) is 17.5 Å². The molecule has 0 bridgehead atoms. The Bertz CT molecular complexity index is 485. The predicted molar refractivity (Wildman–Crippen MR) is 52.8 cm³/mol. The first kappa shape index (κ1) is 9.45. The van der Waals surface area contributed by atoms with Crippen molar-refractivity contribution in [1.82, 2.24) is 9.97 Å². The summed E-state index contributed by atoms with van der Waals surface area (Å²) < 4.78 is 13.0. The molecule has 0 aliphatic carbocycles. The van der Waals surface area contributed by atoms with E-state index in [1.165, 1.54) is 12.1 Å². The lowest BCUT2D eigenvalue weighted by molar-refractivity contribution is 0.112. The van der Waals surface area contributed by atoms with Crippen LogP contribution in [-0.4, -0.2) is 16.3 Å². The summed E-state index contributed by atoms with van der Waals surface area (Å²) in [5.41, 5.74) is 1.31. The Hall–Kier alpha value is -2.10. The fourth-order valence-electron chi connectivity index (χ4n) is 1.24. The van der Waals surface area contributed by atoms with Gasteiger partial charge in [-0.1, -0.05) is 0 Å². The van der Waals surface area contributed by atoms with Gasteiger partial charge in [-0.25, -0.2) is 4.39 Å². The third-order valence-electron chi connectivity index (χ3n) is 1.98. The first-order valence-corrected chi connectivity index (χ1v) is 4.32. The normalized spacial score (nSPS) is 9.93. The Labute approximate surface area is 85.6 Å². The van der Waals surface area contributed by atoms with E-state index in [4.69, 9.17) is 0 Å². The summed E-state index contributed by atoms with van der Waals surface area (Å²) in [4.78, 5) is 18.5. The van der Waals surface area contributed by atoms with Crippen LogP contribution in [0.25, 0.3) is 11.3 Å². The second kappa shape index (κ2) is 3.96. The van der Waals surface area contributed by atoms with Crippen molar-refractivity contribution >= 4 is 6.29 Å². The number of carbonyl (C=O) groups is 1. The van der Waals surface area contributed by atoms with Crippen LogP contribution in [0.4, 0.5) is 4.39 Å². The molecule has 3 nitrogen and oxygen atoms in total. The summed E-state index contributed by atoms with van der Waals surface area (Å²) in [6.07, 6.45) is 5.13. The van der Waals surface area contributed by atoms with Crippen molar-refractivity contribution in [3.63, 3.8) is 0 Å². The van der Waals surface area contributed by atoms with Crippen LogP contribution in [0.15, 0.2) is 36.8 Å². The summed E-state index contributed by atoms with van der Waals surface area (Å²) >= 11 is 0. The Balaban J connectivity index is 2.51. The Morgan fingerprint density at radius 2 is 2.13 bits per heavy atom. The monoisotopic (exact) mass is 202 g/mol. The van der Waals surface area contributed by atoms with Gasteiger partial charge in [0.15, 0.2) is 6.29 Å². The quantitative estimate of drug-likeness (QED) is 0.700. The number of aldehydes is 1. The van der Waals surface area contributed by atoms with Gasteiger partial charge in [0, 0.05) is 18.0 Å². The highest BCUT2D eigenvalue weighted by atomic mass is 19.1. The van der Waals surface area contributed by atoms with Gasteiger partial charge in [-0.15, -0.1) is 0 Å². The Morgan fingerprint density at radius 1 is 1.27 bits per heavy atom. The summed E-state index contributed by atoms with van der Waals surface area (Å²) in [7, 11) is 0. The molecule has 1 heterocycles. The van der Waals surface area contributed by atoms with Crippen molar-refractivity contribution in [2.24, 2.45) is 0 Å². The third kappa shape index (κ3) is 1.88. The molecular formula is C11H7FN2O. The van der Waals surface area contributed by atoms with Crippen LogP contribution >= 0.6 is 0 Å². The van der Waals surface area contributed by atoms with Gasteiger partial charge in [0.05, 0.1) is 17.5 Å². The molecule has 1 aromatic carbocycles. The van der Waals surface area contributed by atoms with Crippen molar-refractivity contribution < 1.29 is 9.18 Å². The number of aromatic nitrogens is 2. The van der Waals surface area contributed by atoms with Crippen LogP contribution in [-0.2, 0) is 0 Å². The SMILES string of the molecule is O=Cc1cc(-c2cnccn2)ccc1F. The third-order valence-corrected chi connectivity index (χ3v) is 1.98. The van der Waals surface area contributed by atoms with Gasteiger partial charge in [0.25, 0.3) is 0 Å². The molecule has 0 amide bonds. The number of halogens is 1. The smallest absolute Gasteiger partial charge is 0.153 e. The molecular weight excluding hydrogens is 195 g/mol. The lowest BCUT2D eigenvalue weighted by Gasteiger charge is -2.01. The highest BCUT2D eigenvalue weighted by molar-refractivity contribution is 5.78. The molecule has 2 rings (SSSR count). The average Bonchev–Trinajstić information content (AvgIpc) is 2.31. The van der Waals surface area contributed by atoms with Gasteiger partial charge in [-0.2, -0.15) is 0 Å². The predicted octanol–water partition coefficient (Wildman–Crippen LogP) is 2.10. The van der Waals surface area contributed by atoms with E-state index in [0.717, 1.165) is 0 Å². The number of nitrogens with zero attached hydrogens (tertiary/aromatic N) is 2. The van der Waals surface area contributed by atoms with Gasteiger partial charge in [0.2, 0.25) is 0 Å². The standard InChI is InChI=1S/C11H7FN2O/c12-10-2-1-8(5-9(10)7-15)11-6-13-3-4-14-11/h1-7H. The minimum absolute atomic E-state index is 0.0261. The van der Waals surface area contributed by atoms with Crippen LogP contribution < -0.4 is 0 Å². The number of benzene rings is 1. The van der Waals surface area contributed by atoms with Crippen molar-refractivity contribution in [3.05, 3.63) is 48.2 Å². The average molecular weight is 202 g/mol. The zero-order valence-electron chi connectivity index (χ0n) is 7.72. The van der Waals surface area contributed by atoms with Crippen molar-refractivity contribution in [2.75, 3.05) is 0 Å². The molecule has 0 saturated heterocycles. The van der Waals surface area contributed by atoms with Crippen molar-refractivity contribution in [2.45, 2.75) is 0 Å². The lowest BCUT2D eigenvalue weighted by Crippen LogP contribution is -1.90. The van der Waals surface area contributed by atoms with Crippen LogP contribution in [0.1, 0.15) is 10.4 Å². The molecule has 0 atom stereocenters. The number of carbonyl (C=O) groups excluding carboxylic acids is 1. The zero-order chi connectivity index (χ0) is 10.7. The van der Waals surface area contributed by atoms with Gasteiger partial charge in [0.1, 0.15) is 5.82 Å². The minimum atomic E-state index is -0.530. The first-order chi connectivity index (χ1) is 7.31. The van der Waals surface area contributed by atoms with Gasteiger partial charge < -0.3 is 0 Å². The fraction of sp³-hybridized carbons (Fsp3) is 0. The van der Waals surface area contributed by atoms with E-state index in [2.05, 4.69) is 9.97 Å². The molecule has 0 saturated carbocycles. The van der Waals surface area contributed by atoms with Crippen LogP contribution in [0, 0.1) is 5.82 Å². The molecule has 74 valence electrons. The minimum Gasteiger partial charge on any atom is -0.298 e. The van der Waals surface area contributed by atoms with Crippen molar-refractivity contribution in [1.29, 1.82) is 0 Å². The highest BCUT2D eigenvalue weighted by Crippen LogP contribution is 2.18. The molecule has 0 spiro atoms. The van der Waals surface area contributed by atoms with E-state index < -0.39 is 5.82 Å². The summed E-state index contributed by atoms with van der Waals surface area (Å²) in [5.74, 6) is -0.530. The fourth-order valence-corrected chi connectivity index (χ4v) is 1.24. The van der Waals surface area contributed by atoms with Gasteiger partial charge in [-0.3, -0.25) is 14.8 Å². The molecule has 0 aliphatic heterocycles. The highest BCUT2D eigenvalue weighted by Gasteiger charge is 2.04. The largest absolute Gasteiger partial charge is 0.298 e. The molecule has 0 radical (unpaired) electrons. The maximum atomic E-state index is 13.0. The number of hydrogen-bond donors (Lipinski definition) is 0. The molecule has 0 unspecified atom stereocenters. The second-order valence-electron chi connectivity index (χ2n) is 2.94. The summed E-state index contributed by atoms with van der Waals surface area (Å²) in [6.45, 7) is 0. The molecule has 4 heteroatoms. The Morgan fingerprint density at radius 3 is 2.80 bits per heavy atom. The van der Waals surface area contributed by atoms with E-state index in [1.807, 2.05) is 0 Å². The summed E-state index contributed by atoms with van der Waals surface area (Å²) in [6, 6.07) is 4.26. The Kier molecular flexibility index (Phi) is 2.49. The van der Waals surface area contributed by atoms with Gasteiger partial charge >= 0.3 is 0 Å². The van der Waals surface area contributed by atoms with Crippen LogP contribution in [0.3, 0.4) is 0 Å². The number of rotatable bonds is 2. The lowest BCUT2D eigenvalue weighted by atomic mass is 10.1. The molecule has 15 heavy (non-hydrogen) atoms. The first-order valence-electron chi connectivity index (χ1n) is 4.32. The summed E-state index contributed by atoms with van der Waals surface area (Å²) in [5, 5.41) is 0. The van der Waals surface area contributed by atoms with E-state index in [1.54, 1.807) is 24.7 Å². The molecule has 2 aromatic rings. The van der Waals surface area contributed by atoms with E-state index in [9.17, 15) is 9.18 Å². The zero-order valence-corrected chi connectivity index (χ0v) is 7.72. The number of hydrogen-bond acceptors (Lipinski definition) is 3. The van der Waals surface area contributed by atoms with Crippen molar-refractivity contribution in [3.8, 4) is 11.3 Å². The molecule has 0 N–H and O–H groups in total. The van der Waals surface area contributed by atoms with Gasteiger partial charge in [-0.05, 0) is 18.2 Å². The molecule has 1 aromatic heterocycles. The maximum Gasteiger partial charge on any atom is 0.153 e.